The van der Waals surface area contributed by atoms with Crippen LogP contribution in [0.4, 0.5) is 0 Å². The van der Waals surface area contributed by atoms with Gasteiger partial charge in [0.1, 0.15) is 5.76 Å². The number of sulfonamides is 1. The third-order valence-corrected chi connectivity index (χ3v) is 4.35. The fourth-order valence-corrected chi connectivity index (χ4v) is 2.96. The SMILES string of the molecule is O=C(NCc1ccco1)C(=O)NNS(=O)(=O)c1cccc(Br)c1. The molecule has 1 aromatic carbocycles. The van der Waals surface area contributed by atoms with Crippen LogP contribution in [-0.4, -0.2) is 20.2 Å². The zero-order chi connectivity index (χ0) is 16.9. The van der Waals surface area contributed by atoms with Gasteiger partial charge in [-0.05, 0) is 30.3 Å². The first-order valence-corrected chi connectivity index (χ1v) is 8.54. The average molecular weight is 402 g/mol. The van der Waals surface area contributed by atoms with Crippen LogP contribution in [0.3, 0.4) is 0 Å². The van der Waals surface area contributed by atoms with Crippen LogP contribution in [0.25, 0.3) is 0 Å². The molecule has 0 saturated heterocycles. The number of halogens is 1. The van der Waals surface area contributed by atoms with Gasteiger partial charge in [-0.1, -0.05) is 22.0 Å². The van der Waals surface area contributed by atoms with Crippen LogP contribution in [0, 0.1) is 0 Å². The largest absolute Gasteiger partial charge is 0.467 e. The molecular formula is C13H12BrN3O5S. The van der Waals surface area contributed by atoms with Gasteiger partial charge in [-0.3, -0.25) is 15.0 Å². The normalized spacial score (nSPS) is 11.0. The van der Waals surface area contributed by atoms with Crippen molar-refractivity contribution in [3.8, 4) is 0 Å². The second-order valence-electron chi connectivity index (χ2n) is 4.28. The molecule has 2 rings (SSSR count). The van der Waals surface area contributed by atoms with Gasteiger partial charge in [-0.25, -0.2) is 8.42 Å². The lowest BCUT2D eigenvalue weighted by molar-refractivity contribution is -0.139. The minimum Gasteiger partial charge on any atom is -0.467 e. The molecule has 0 saturated carbocycles. The molecular weight excluding hydrogens is 390 g/mol. The van der Waals surface area contributed by atoms with Gasteiger partial charge in [0.15, 0.2) is 0 Å². The molecule has 3 N–H and O–H groups in total. The monoisotopic (exact) mass is 401 g/mol. The first kappa shape index (κ1) is 17.2. The van der Waals surface area contributed by atoms with Crippen LogP contribution in [0.1, 0.15) is 5.76 Å². The molecule has 23 heavy (non-hydrogen) atoms. The first-order chi connectivity index (χ1) is 10.9. The number of hydrogen-bond acceptors (Lipinski definition) is 5. The predicted molar refractivity (Wildman–Crippen MR) is 83.2 cm³/mol. The Hall–Kier alpha value is -2.17. The van der Waals surface area contributed by atoms with Crippen molar-refractivity contribution in [1.82, 2.24) is 15.6 Å². The molecule has 1 heterocycles. The Morgan fingerprint density at radius 2 is 1.91 bits per heavy atom. The molecule has 0 radical (unpaired) electrons. The van der Waals surface area contributed by atoms with Crippen molar-refractivity contribution in [3.63, 3.8) is 0 Å². The molecule has 0 aliphatic heterocycles. The number of hydrazine groups is 1. The van der Waals surface area contributed by atoms with Gasteiger partial charge in [0.2, 0.25) is 0 Å². The maximum absolute atomic E-state index is 12.0. The number of amides is 2. The van der Waals surface area contributed by atoms with Crippen LogP contribution in [0.5, 0.6) is 0 Å². The molecule has 0 aliphatic carbocycles. The van der Waals surface area contributed by atoms with E-state index >= 15 is 0 Å². The van der Waals surface area contributed by atoms with E-state index in [9.17, 15) is 18.0 Å². The highest BCUT2D eigenvalue weighted by atomic mass is 79.9. The quantitative estimate of drug-likeness (QED) is 0.502. The number of carbonyl (C=O) groups is 2. The summed E-state index contributed by atoms with van der Waals surface area (Å²) in [6.07, 6.45) is 1.42. The number of hydrogen-bond donors (Lipinski definition) is 3. The number of furan rings is 1. The Kier molecular flexibility index (Phi) is 5.53. The molecule has 122 valence electrons. The Morgan fingerprint density at radius 1 is 1.13 bits per heavy atom. The Labute approximate surface area is 140 Å². The zero-order valence-corrected chi connectivity index (χ0v) is 14.0. The summed E-state index contributed by atoms with van der Waals surface area (Å²) in [6.45, 7) is 0.0115. The second kappa shape index (κ2) is 7.40. The highest BCUT2D eigenvalue weighted by molar-refractivity contribution is 9.10. The van der Waals surface area contributed by atoms with Gasteiger partial charge in [-0.15, -0.1) is 4.83 Å². The van der Waals surface area contributed by atoms with E-state index in [4.69, 9.17) is 4.42 Å². The lowest BCUT2D eigenvalue weighted by atomic mass is 10.4. The molecule has 1 aromatic heterocycles. The zero-order valence-electron chi connectivity index (χ0n) is 11.6. The number of rotatable bonds is 5. The summed E-state index contributed by atoms with van der Waals surface area (Å²) in [5.74, 6) is -1.69. The summed E-state index contributed by atoms with van der Waals surface area (Å²) in [4.78, 5) is 24.9. The molecule has 2 amide bonds. The Bertz CT molecular complexity index is 805. The highest BCUT2D eigenvalue weighted by Gasteiger charge is 2.19. The summed E-state index contributed by atoms with van der Waals surface area (Å²) >= 11 is 3.14. The van der Waals surface area contributed by atoms with Gasteiger partial charge in [0, 0.05) is 4.47 Å². The molecule has 2 aromatic rings. The van der Waals surface area contributed by atoms with Gasteiger partial charge >= 0.3 is 11.8 Å². The summed E-state index contributed by atoms with van der Waals surface area (Å²) in [5.41, 5.74) is 1.84. The predicted octanol–water partition coefficient (Wildman–Crippen LogP) is 0.668. The van der Waals surface area contributed by atoms with Crippen molar-refractivity contribution >= 4 is 37.8 Å². The maximum atomic E-state index is 12.0. The van der Waals surface area contributed by atoms with E-state index in [0.29, 0.717) is 10.2 Å². The van der Waals surface area contributed by atoms with E-state index in [1.165, 1.54) is 24.5 Å². The lowest BCUT2D eigenvalue weighted by Gasteiger charge is -2.08. The summed E-state index contributed by atoms with van der Waals surface area (Å²) in [5, 5.41) is 2.28. The standard InChI is InChI=1S/C13H12BrN3O5S/c14-9-3-1-5-11(7-9)23(20,21)17-16-13(19)12(18)15-8-10-4-2-6-22-10/h1-7,17H,8H2,(H,15,18)(H,16,19). The minimum atomic E-state index is -3.98. The van der Waals surface area contributed by atoms with Gasteiger partial charge in [-0.2, -0.15) is 0 Å². The molecule has 0 unspecified atom stereocenters. The molecule has 10 heteroatoms. The topological polar surface area (TPSA) is 118 Å². The van der Waals surface area contributed by atoms with Crippen LogP contribution in [0.2, 0.25) is 0 Å². The van der Waals surface area contributed by atoms with Gasteiger partial charge < -0.3 is 9.73 Å². The van der Waals surface area contributed by atoms with Crippen molar-refractivity contribution in [2.45, 2.75) is 11.4 Å². The molecule has 0 aliphatic rings. The van der Waals surface area contributed by atoms with Crippen LogP contribution in [-0.2, 0) is 26.2 Å². The molecule has 0 bridgehead atoms. The van der Waals surface area contributed by atoms with E-state index in [-0.39, 0.29) is 11.4 Å². The average Bonchev–Trinajstić information content (AvgIpc) is 3.03. The first-order valence-electron chi connectivity index (χ1n) is 6.26. The third-order valence-electron chi connectivity index (χ3n) is 2.61. The number of benzene rings is 1. The fraction of sp³-hybridized carbons (Fsp3) is 0.0769. The van der Waals surface area contributed by atoms with E-state index in [1.54, 1.807) is 18.2 Å². The van der Waals surface area contributed by atoms with Crippen molar-refractivity contribution in [2.75, 3.05) is 0 Å². The number of nitrogens with one attached hydrogen (secondary N) is 3. The summed E-state index contributed by atoms with van der Waals surface area (Å²) in [7, 11) is -3.98. The van der Waals surface area contributed by atoms with Crippen LogP contribution >= 0.6 is 15.9 Å². The van der Waals surface area contributed by atoms with Crippen molar-refractivity contribution in [2.24, 2.45) is 0 Å². The minimum absolute atomic E-state index is 0.0115. The summed E-state index contributed by atoms with van der Waals surface area (Å²) in [6, 6.07) is 9.12. The molecule has 8 nitrogen and oxygen atoms in total. The smallest absolute Gasteiger partial charge is 0.324 e. The highest BCUT2D eigenvalue weighted by Crippen LogP contribution is 2.15. The van der Waals surface area contributed by atoms with Gasteiger partial charge in [0.25, 0.3) is 10.0 Å². The molecule has 0 fully saturated rings. The van der Waals surface area contributed by atoms with Crippen molar-refractivity contribution in [3.05, 3.63) is 52.9 Å². The molecule has 0 spiro atoms. The Balaban J connectivity index is 1.89. The van der Waals surface area contributed by atoms with Crippen molar-refractivity contribution < 1.29 is 22.4 Å². The second-order valence-corrected chi connectivity index (χ2v) is 6.88. The Morgan fingerprint density at radius 3 is 2.57 bits per heavy atom. The molecule has 0 atom stereocenters. The third kappa shape index (κ3) is 4.91. The maximum Gasteiger partial charge on any atom is 0.324 e. The fourth-order valence-electron chi connectivity index (χ4n) is 1.52. The van der Waals surface area contributed by atoms with E-state index in [2.05, 4.69) is 21.2 Å². The van der Waals surface area contributed by atoms with Crippen molar-refractivity contribution in [1.29, 1.82) is 0 Å². The number of carbonyl (C=O) groups excluding carboxylic acids is 2. The van der Waals surface area contributed by atoms with E-state index < -0.39 is 21.8 Å². The van der Waals surface area contributed by atoms with E-state index in [0.717, 1.165) is 0 Å². The van der Waals surface area contributed by atoms with Crippen LogP contribution < -0.4 is 15.6 Å². The van der Waals surface area contributed by atoms with Gasteiger partial charge in [0.05, 0.1) is 17.7 Å². The lowest BCUT2D eigenvalue weighted by Crippen LogP contribution is -2.48. The van der Waals surface area contributed by atoms with E-state index in [1.807, 2.05) is 10.3 Å². The summed E-state index contributed by atoms with van der Waals surface area (Å²) < 4.78 is 29.5. The van der Waals surface area contributed by atoms with Crippen LogP contribution in [0.15, 0.2) is 56.4 Å².